The van der Waals surface area contributed by atoms with Gasteiger partial charge in [-0.15, -0.1) is 0 Å². The molecule has 200 valence electrons. The highest BCUT2D eigenvalue weighted by molar-refractivity contribution is 6.02. The SMILES string of the molecule is COc1cnc(C(=O)Nc2ccc(F)c([C@]3(C)C[C@@H](C(F)(F)F)OC(NC(=O)OC(C)(C)C)=N3)n2)cn1. The fourth-order valence-electron chi connectivity index (χ4n) is 3.22. The van der Waals surface area contributed by atoms with Crippen LogP contribution in [0, 0.1) is 5.82 Å². The quantitative estimate of drug-likeness (QED) is 0.573. The fraction of sp³-hybridized carbons (Fsp3) is 0.455. The van der Waals surface area contributed by atoms with Gasteiger partial charge in [-0.2, -0.15) is 13.2 Å². The van der Waals surface area contributed by atoms with E-state index in [9.17, 15) is 27.2 Å². The Morgan fingerprint density at radius 1 is 1.14 bits per heavy atom. The van der Waals surface area contributed by atoms with Crippen molar-refractivity contribution in [3.8, 4) is 5.88 Å². The second-order valence-corrected chi connectivity index (χ2v) is 9.09. The van der Waals surface area contributed by atoms with Crippen LogP contribution in [0.2, 0.25) is 0 Å². The third-order valence-electron chi connectivity index (χ3n) is 4.83. The molecule has 37 heavy (non-hydrogen) atoms. The summed E-state index contributed by atoms with van der Waals surface area (Å²) in [5, 5.41) is 4.40. The number of amidine groups is 1. The molecular formula is C22H24F4N6O5. The molecule has 2 aromatic heterocycles. The number of aliphatic imine (C=N–C) groups is 1. The first-order chi connectivity index (χ1) is 17.1. The molecule has 0 saturated heterocycles. The van der Waals surface area contributed by atoms with Crippen LogP contribution in [0.3, 0.4) is 0 Å². The first-order valence-electron chi connectivity index (χ1n) is 10.8. The molecule has 3 heterocycles. The van der Waals surface area contributed by atoms with Gasteiger partial charge in [0.25, 0.3) is 11.9 Å². The Labute approximate surface area is 208 Å². The number of amides is 2. The first kappa shape index (κ1) is 27.5. The van der Waals surface area contributed by atoms with Crippen LogP contribution in [0.1, 0.15) is 50.3 Å². The number of methoxy groups -OCH3 is 1. The van der Waals surface area contributed by atoms with Crippen molar-refractivity contribution in [3.05, 3.63) is 41.7 Å². The van der Waals surface area contributed by atoms with E-state index in [1.54, 1.807) is 20.8 Å². The van der Waals surface area contributed by atoms with Gasteiger partial charge < -0.3 is 19.5 Å². The van der Waals surface area contributed by atoms with E-state index < -0.39 is 59.4 Å². The maximum Gasteiger partial charge on any atom is 0.425 e. The molecule has 0 fully saturated rings. The molecule has 1 aliphatic heterocycles. The largest absolute Gasteiger partial charge is 0.480 e. The Morgan fingerprint density at radius 2 is 1.84 bits per heavy atom. The van der Waals surface area contributed by atoms with Crippen molar-refractivity contribution in [2.45, 2.75) is 57.5 Å². The van der Waals surface area contributed by atoms with Gasteiger partial charge in [0.05, 0.1) is 19.5 Å². The first-order valence-corrected chi connectivity index (χ1v) is 10.8. The summed E-state index contributed by atoms with van der Waals surface area (Å²) in [5.74, 6) is -1.78. The molecule has 0 spiro atoms. The lowest BCUT2D eigenvalue weighted by Crippen LogP contribution is -2.49. The molecular weight excluding hydrogens is 504 g/mol. The van der Waals surface area contributed by atoms with Crippen LogP contribution in [0.25, 0.3) is 0 Å². The van der Waals surface area contributed by atoms with Gasteiger partial charge in [-0.3, -0.25) is 4.79 Å². The van der Waals surface area contributed by atoms with Crippen LogP contribution in [0.5, 0.6) is 5.88 Å². The van der Waals surface area contributed by atoms with Crippen LogP contribution in [0.4, 0.5) is 28.2 Å². The maximum absolute atomic E-state index is 14.9. The minimum absolute atomic E-state index is 0.121. The zero-order valence-electron chi connectivity index (χ0n) is 20.4. The molecule has 0 saturated carbocycles. The second kappa shape index (κ2) is 10.1. The van der Waals surface area contributed by atoms with Gasteiger partial charge in [-0.25, -0.2) is 34.4 Å². The third-order valence-corrected chi connectivity index (χ3v) is 4.83. The number of aromatic nitrogens is 3. The topological polar surface area (TPSA) is 137 Å². The molecule has 0 radical (unpaired) electrons. The average Bonchev–Trinajstić information content (AvgIpc) is 2.78. The fourth-order valence-corrected chi connectivity index (χ4v) is 3.22. The lowest BCUT2D eigenvalue weighted by molar-refractivity contribution is -0.208. The minimum atomic E-state index is -4.88. The number of hydrogen-bond donors (Lipinski definition) is 2. The number of anilines is 1. The number of ether oxygens (including phenoxy) is 3. The number of carbonyl (C=O) groups excluding carboxylic acids is 2. The van der Waals surface area contributed by atoms with Gasteiger partial charge in [0.2, 0.25) is 5.88 Å². The van der Waals surface area contributed by atoms with Crippen LogP contribution in [0.15, 0.2) is 29.5 Å². The lowest BCUT2D eigenvalue weighted by Gasteiger charge is -2.36. The molecule has 0 unspecified atom stereocenters. The average molecular weight is 528 g/mol. The minimum Gasteiger partial charge on any atom is -0.480 e. The number of nitrogens with zero attached hydrogens (tertiary/aromatic N) is 4. The van der Waals surface area contributed by atoms with Crippen molar-refractivity contribution in [3.63, 3.8) is 0 Å². The molecule has 1 aliphatic rings. The Morgan fingerprint density at radius 3 is 2.41 bits per heavy atom. The number of carbonyl (C=O) groups is 2. The van der Waals surface area contributed by atoms with Gasteiger partial charge in [-0.05, 0) is 39.8 Å². The zero-order valence-corrected chi connectivity index (χ0v) is 20.4. The molecule has 0 aliphatic carbocycles. The van der Waals surface area contributed by atoms with Crippen molar-refractivity contribution in [2.24, 2.45) is 4.99 Å². The summed E-state index contributed by atoms with van der Waals surface area (Å²) in [6.45, 7) is 5.84. The van der Waals surface area contributed by atoms with Crippen LogP contribution >= 0.6 is 0 Å². The van der Waals surface area contributed by atoms with Crippen molar-refractivity contribution in [1.82, 2.24) is 20.3 Å². The normalized spacial score (nSPS) is 19.8. The van der Waals surface area contributed by atoms with E-state index >= 15 is 0 Å². The molecule has 2 N–H and O–H groups in total. The molecule has 0 aromatic carbocycles. The molecule has 11 nitrogen and oxygen atoms in total. The summed E-state index contributed by atoms with van der Waals surface area (Å²) < 4.78 is 70.6. The number of alkyl carbamates (subject to hydrolysis) is 1. The number of halogens is 4. The van der Waals surface area contributed by atoms with Gasteiger partial charge in [0, 0.05) is 6.42 Å². The Hall–Kier alpha value is -4.04. The highest BCUT2D eigenvalue weighted by atomic mass is 19.4. The highest BCUT2D eigenvalue weighted by Gasteiger charge is 2.51. The number of alkyl halides is 3. The van der Waals surface area contributed by atoms with Crippen LogP contribution in [-0.2, 0) is 15.0 Å². The molecule has 15 heteroatoms. The molecule has 0 bridgehead atoms. The summed E-state index contributed by atoms with van der Waals surface area (Å²) >= 11 is 0. The summed E-state index contributed by atoms with van der Waals surface area (Å²) in [6, 6.07) is 1.20. The van der Waals surface area contributed by atoms with E-state index in [4.69, 9.17) is 14.2 Å². The third kappa shape index (κ3) is 7.01. The summed E-state index contributed by atoms with van der Waals surface area (Å²) in [5.41, 5.74) is -3.55. The lowest BCUT2D eigenvalue weighted by atomic mass is 9.89. The van der Waals surface area contributed by atoms with Gasteiger partial charge in [0.1, 0.15) is 34.2 Å². The molecule has 2 atom stereocenters. The zero-order chi connectivity index (χ0) is 27.6. The van der Waals surface area contributed by atoms with Crippen LogP contribution < -0.4 is 15.4 Å². The summed E-state index contributed by atoms with van der Waals surface area (Å²) in [6.07, 6.45) is -6.98. The van der Waals surface area contributed by atoms with Gasteiger partial charge in [0.15, 0.2) is 6.10 Å². The number of hydrogen-bond acceptors (Lipinski definition) is 9. The summed E-state index contributed by atoms with van der Waals surface area (Å²) in [4.78, 5) is 40.3. The summed E-state index contributed by atoms with van der Waals surface area (Å²) in [7, 11) is 1.37. The van der Waals surface area contributed by atoms with E-state index in [1.165, 1.54) is 20.2 Å². The van der Waals surface area contributed by atoms with Crippen molar-refractivity contribution in [2.75, 3.05) is 12.4 Å². The smallest absolute Gasteiger partial charge is 0.425 e. The van der Waals surface area contributed by atoms with Gasteiger partial charge in [-0.1, -0.05) is 0 Å². The maximum atomic E-state index is 14.9. The van der Waals surface area contributed by atoms with E-state index in [0.29, 0.717) is 0 Å². The molecule has 2 amide bonds. The number of nitrogens with one attached hydrogen (secondary N) is 2. The Kier molecular flexibility index (Phi) is 7.55. The van der Waals surface area contributed by atoms with Crippen molar-refractivity contribution in [1.29, 1.82) is 0 Å². The predicted octanol–water partition coefficient (Wildman–Crippen LogP) is 3.72. The van der Waals surface area contributed by atoms with E-state index in [2.05, 4.69) is 25.3 Å². The molecule has 3 rings (SSSR count). The number of pyridine rings is 1. The van der Waals surface area contributed by atoms with E-state index in [0.717, 1.165) is 18.3 Å². The van der Waals surface area contributed by atoms with Crippen LogP contribution in [-0.4, -0.2) is 58.0 Å². The molecule has 2 aromatic rings. The van der Waals surface area contributed by atoms with Gasteiger partial charge >= 0.3 is 12.3 Å². The number of rotatable bonds is 4. The van der Waals surface area contributed by atoms with E-state index in [-0.39, 0.29) is 17.4 Å². The Bertz CT molecular complexity index is 1200. The Balaban J connectivity index is 1.93. The standard InChI is InChI=1S/C22H24F4N6O5/c1-20(2,3)37-19(34)31-18-32-21(4,8-13(36-18)22(24,25)26)16-11(23)6-7-14(29-16)30-17(33)12-9-28-15(35-5)10-27-12/h6-7,9-10,13H,8H2,1-5H3,(H,29,30,33)(H,31,32,34)/t13-,21-/m0/s1. The predicted molar refractivity (Wildman–Crippen MR) is 120 cm³/mol. The van der Waals surface area contributed by atoms with E-state index in [1.807, 2.05) is 5.32 Å². The van der Waals surface area contributed by atoms with Crippen molar-refractivity contribution < 1.29 is 41.4 Å². The monoisotopic (exact) mass is 528 g/mol. The van der Waals surface area contributed by atoms with Crippen molar-refractivity contribution >= 4 is 23.8 Å². The second-order valence-electron chi connectivity index (χ2n) is 9.09. The highest BCUT2D eigenvalue weighted by Crippen LogP contribution is 2.40.